The van der Waals surface area contributed by atoms with Crippen LogP contribution in [0.25, 0.3) is 0 Å². The summed E-state index contributed by atoms with van der Waals surface area (Å²) >= 11 is 0. The number of carbonyl (C=O) groups is 1. The molecule has 1 aromatic carbocycles. The number of hydrogen-bond acceptors (Lipinski definition) is 3. The normalized spacial score (nSPS) is 25.5. The molecule has 3 aliphatic rings. The van der Waals surface area contributed by atoms with E-state index >= 15 is 0 Å². The van der Waals surface area contributed by atoms with Crippen LogP contribution in [0.1, 0.15) is 44.1 Å². The quantitative estimate of drug-likeness (QED) is 0.800. The summed E-state index contributed by atoms with van der Waals surface area (Å²) in [7, 11) is 0. The molecule has 2 unspecified atom stereocenters. The van der Waals surface area contributed by atoms with Gasteiger partial charge in [-0.05, 0) is 43.9 Å². The summed E-state index contributed by atoms with van der Waals surface area (Å²) < 4.78 is 45.5. The number of nitrogens with one attached hydrogen (secondary N) is 1. The summed E-state index contributed by atoms with van der Waals surface area (Å²) in [5, 5.41) is 2.79. The number of urea groups is 1. The average Bonchev–Trinajstić information content (AvgIpc) is 3.21. The Morgan fingerprint density at radius 2 is 1.82 bits per heavy atom. The van der Waals surface area contributed by atoms with E-state index in [1.165, 1.54) is 6.07 Å². The van der Waals surface area contributed by atoms with E-state index < -0.39 is 11.7 Å². The van der Waals surface area contributed by atoms with Crippen LogP contribution in [0.2, 0.25) is 0 Å². The number of benzene rings is 1. The van der Waals surface area contributed by atoms with Crippen molar-refractivity contribution >= 4 is 17.4 Å². The monoisotopic (exact) mass is 397 g/mol. The van der Waals surface area contributed by atoms with Crippen molar-refractivity contribution in [1.82, 2.24) is 4.90 Å². The molecular weight excluding hydrogens is 371 g/mol. The van der Waals surface area contributed by atoms with Crippen molar-refractivity contribution in [2.75, 3.05) is 36.5 Å². The van der Waals surface area contributed by atoms with Crippen molar-refractivity contribution in [3.63, 3.8) is 0 Å². The van der Waals surface area contributed by atoms with Gasteiger partial charge in [0.1, 0.15) is 0 Å². The topological polar surface area (TPSA) is 44.8 Å². The molecule has 0 spiro atoms. The summed E-state index contributed by atoms with van der Waals surface area (Å²) in [6.45, 7) is 2.51. The lowest BCUT2D eigenvalue weighted by Crippen LogP contribution is -2.56. The van der Waals surface area contributed by atoms with E-state index in [1.54, 1.807) is 4.90 Å². The maximum atomic E-state index is 13.2. The van der Waals surface area contributed by atoms with Crippen molar-refractivity contribution in [2.24, 2.45) is 0 Å². The molecule has 0 aromatic heterocycles. The van der Waals surface area contributed by atoms with E-state index in [1.807, 2.05) is 4.90 Å². The summed E-state index contributed by atoms with van der Waals surface area (Å²) in [4.78, 5) is 16.8. The maximum absolute atomic E-state index is 13.2. The van der Waals surface area contributed by atoms with Crippen LogP contribution in [0.15, 0.2) is 18.2 Å². The summed E-state index contributed by atoms with van der Waals surface area (Å²) in [5.41, 5.74) is 0.149. The first kappa shape index (κ1) is 19.4. The molecule has 0 radical (unpaired) electrons. The number of hydrogen-bond donors (Lipinski definition) is 1. The highest BCUT2D eigenvalue weighted by Gasteiger charge is 2.37. The molecule has 2 heterocycles. The number of ether oxygens (including phenoxy) is 1. The number of halogens is 3. The number of morpholine rings is 1. The van der Waals surface area contributed by atoms with Gasteiger partial charge in [0.25, 0.3) is 0 Å². The molecule has 2 saturated heterocycles. The molecule has 1 N–H and O–H groups in total. The molecule has 2 atom stereocenters. The van der Waals surface area contributed by atoms with Gasteiger partial charge < -0.3 is 19.9 Å². The third kappa shape index (κ3) is 3.92. The molecule has 5 nitrogen and oxygen atoms in total. The number of anilines is 2. The van der Waals surface area contributed by atoms with E-state index in [4.69, 9.17) is 4.74 Å². The van der Waals surface area contributed by atoms with Crippen molar-refractivity contribution in [1.29, 1.82) is 0 Å². The van der Waals surface area contributed by atoms with Gasteiger partial charge in [0.05, 0.1) is 35.7 Å². The van der Waals surface area contributed by atoms with E-state index in [9.17, 15) is 18.0 Å². The molecule has 1 aromatic rings. The first-order valence-electron chi connectivity index (χ1n) is 10.1. The molecule has 154 valence electrons. The van der Waals surface area contributed by atoms with Crippen molar-refractivity contribution < 1.29 is 22.7 Å². The third-order valence-electron chi connectivity index (χ3n) is 6.01. The van der Waals surface area contributed by atoms with Gasteiger partial charge in [0.15, 0.2) is 0 Å². The van der Waals surface area contributed by atoms with Gasteiger partial charge in [-0.15, -0.1) is 0 Å². The molecule has 1 aliphatic carbocycles. The number of fused-ring (bicyclic) bond motifs is 1. The highest BCUT2D eigenvalue weighted by molar-refractivity contribution is 5.94. The van der Waals surface area contributed by atoms with Crippen molar-refractivity contribution in [2.45, 2.75) is 56.8 Å². The highest BCUT2D eigenvalue weighted by Crippen LogP contribution is 2.37. The van der Waals surface area contributed by atoms with Crippen LogP contribution in [-0.4, -0.2) is 49.3 Å². The zero-order valence-electron chi connectivity index (χ0n) is 15.8. The lowest BCUT2D eigenvalue weighted by molar-refractivity contribution is -0.137. The molecule has 1 saturated carbocycles. The Hall–Kier alpha value is -1.96. The van der Waals surface area contributed by atoms with Gasteiger partial charge >= 0.3 is 12.2 Å². The van der Waals surface area contributed by atoms with E-state index in [0.717, 1.165) is 63.7 Å². The Balaban J connectivity index is 1.58. The summed E-state index contributed by atoms with van der Waals surface area (Å²) in [5.74, 6) is 0. The molecule has 0 bridgehead atoms. The largest absolute Gasteiger partial charge is 0.416 e. The molecule has 4 rings (SSSR count). The second-order valence-electron chi connectivity index (χ2n) is 7.81. The van der Waals surface area contributed by atoms with Crippen molar-refractivity contribution in [3.05, 3.63) is 23.8 Å². The van der Waals surface area contributed by atoms with Crippen LogP contribution in [0, 0.1) is 0 Å². The third-order valence-corrected chi connectivity index (χ3v) is 6.01. The van der Waals surface area contributed by atoms with E-state index in [-0.39, 0.29) is 23.9 Å². The lowest BCUT2D eigenvalue weighted by Gasteiger charge is -2.43. The van der Waals surface area contributed by atoms with Gasteiger partial charge in [-0.1, -0.05) is 12.8 Å². The fourth-order valence-electron chi connectivity index (χ4n) is 4.58. The second kappa shape index (κ2) is 7.81. The number of alkyl halides is 3. The van der Waals surface area contributed by atoms with Gasteiger partial charge in [0.2, 0.25) is 0 Å². The Bertz CT molecular complexity index is 717. The first-order valence-corrected chi connectivity index (χ1v) is 10.1. The van der Waals surface area contributed by atoms with Crippen LogP contribution >= 0.6 is 0 Å². The van der Waals surface area contributed by atoms with Gasteiger partial charge in [-0.25, -0.2) is 4.79 Å². The standard InChI is InChI=1S/C20H26F3N3O2/c21-20(22,23)14-7-8-16(25-9-3-4-10-25)15(13-14)24-19(27)26-11-12-28-18-6-2-1-5-17(18)26/h7-8,13,17-18H,1-6,9-12H2,(H,24,27). The van der Waals surface area contributed by atoms with Gasteiger partial charge in [-0.2, -0.15) is 13.2 Å². The first-order chi connectivity index (χ1) is 13.4. The number of amides is 2. The highest BCUT2D eigenvalue weighted by atomic mass is 19.4. The zero-order chi connectivity index (χ0) is 19.7. The van der Waals surface area contributed by atoms with Crippen LogP contribution < -0.4 is 10.2 Å². The zero-order valence-corrected chi connectivity index (χ0v) is 15.8. The lowest BCUT2D eigenvalue weighted by atomic mass is 9.90. The number of rotatable bonds is 2. The smallest absolute Gasteiger partial charge is 0.374 e. The Morgan fingerprint density at radius 3 is 2.57 bits per heavy atom. The minimum Gasteiger partial charge on any atom is -0.374 e. The molecule has 8 heteroatoms. The summed E-state index contributed by atoms with van der Waals surface area (Å²) in [6, 6.07) is 3.30. The van der Waals surface area contributed by atoms with Gasteiger partial charge in [-0.3, -0.25) is 0 Å². The minimum absolute atomic E-state index is 0.00327. The fourth-order valence-corrected chi connectivity index (χ4v) is 4.58. The second-order valence-corrected chi connectivity index (χ2v) is 7.81. The molecule has 3 fully saturated rings. The molecule has 28 heavy (non-hydrogen) atoms. The predicted molar refractivity (Wildman–Crippen MR) is 101 cm³/mol. The number of nitrogens with zero attached hydrogens (tertiary/aromatic N) is 2. The molecule has 2 aliphatic heterocycles. The van der Waals surface area contributed by atoms with Crippen LogP contribution in [0.4, 0.5) is 29.3 Å². The Morgan fingerprint density at radius 1 is 1.07 bits per heavy atom. The van der Waals surface area contributed by atoms with E-state index in [0.29, 0.717) is 18.8 Å². The fraction of sp³-hybridized carbons (Fsp3) is 0.650. The minimum atomic E-state index is -4.45. The van der Waals surface area contributed by atoms with E-state index in [2.05, 4.69) is 5.32 Å². The molecular formula is C20H26F3N3O2. The Labute approximate surface area is 162 Å². The molecule has 2 amide bonds. The van der Waals surface area contributed by atoms with Crippen LogP contribution in [0.5, 0.6) is 0 Å². The Kier molecular flexibility index (Phi) is 5.40. The predicted octanol–water partition coefficient (Wildman–Crippen LogP) is 4.48. The SMILES string of the molecule is O=C(Nc1cc(C(F)(F)F)ccc1N1CCCC1)N1CCOC2CCCCC21. The van der Waals surface area contributed by atoms with Crippen molar-refractivity contribution in [3.8, 4) is 0 Å². The summed E-state index contributed by atoms with van der Waals surface area (Å²) in [6.07, 6.45) is 1.52. The van der Waals surface area contributed by atoms with Crippen LogP contribution in [0.3, 0.4) is 0 Å². The number of carbonyl (C=O) groups excluding carboxylic acids is 1. The van der Waals surface area contributed by atoms with Gasteiger partial charge in [0, 0.05) is 19.6 Å². The maximum Gasteiger partial charge on any atom is 0.416 e. The van der Waals surface area contributed by atoms with Crippen LogP contribution in [-0.2, 0) is 10.9 Å². The average molecular weight is 397 g/mol.